The largest absolute Gasteiger partial charge is 0.508 e. The van der Waals surface area contributed by atoms with Gasteiger partial charge in [0.15, 0.2) is 0 Å². The molecule has 0 aromatic heterocycles. The minimum atomic E-state index is -0.119. The number of amides is 1. The topological polar surface area (TPSA) is 40.5 Å². The normalized spacial score (nSPS) is 10.3. The maximum atomic E-state index is 12.7. The molecule has 0 fully saturated rings. The summed E-state index contributed by atoms with van der Waals surface area (Å²) in [6, 6.07) is 12.1. The number of aromatic hydroxyl groups is 1. The Bertz CT molecular complexity index is 644. The van der Waals surface area contributed by atoms with Crippen molar-refractivity contribution in [3.05, 3.63) is 57.0 Å². The van der Waals surface area contributed by atoms with Crippen LogP contribution < -0.4 is 4.90 Å². The Labute approximate surface area is 134 Å². The zero-order valence-corrected chi connectivity index (χ0v) is 14.0. The van der Waals surface area contributed by atoms with E-state index in [2.05, 4.69) is 31.9 Å². The van der Waals surface area contributed by atoms with Crippen LogP contribution in [0.1, 0.15) is 17.3 Å². The first-order valence-corrected chi connectivity index (χ1v) is 7.67. The van der Waals surface area contributed by atoms with E-state index in [1.807, 2.05) is 19.1 Å². The van der Waals surface area contributed by atoms with Crippen molar-refractivity contribution >= 4 is 43.5 Å². The number of rotatable bonds is 3. The van der Waals surface area contributed by atoms with Crippen LogP contribution in [0.5, 0.6) is 5.75 Å². The third-order valence-corrected chi connectivity index (χ3v) is 4.05. The molecule has 0 heterocycles. The summed E-state index contributed by atoms with van der Waals surface area (Å²) in [4.78, 5) is 14.3. The minimum absolute atomic E-state index is 0.119. The molecule has 0 spiro atoms. The van der Waals surface area contributed by atoms with Crippen molar-refractivity contribution in [3.8, 4) is 5.75 Å². The molecule has 5 heteroatoms. The van der Waals surface area contributed by atoms with Crippen molar-refractivity contribution in [2.24, 2.45) is 0 Å². The number of nitrogens with zero attached hydrogens (tertiary/aromatic N) is 1. The maximum absolute atomic E-state index is 12.7. The Balaban J connectivity index is 2.41. The van der Waals surface area contributed by atoms with Gasteiger partial charge in [-0.3, -0.25) is 4.79 Å². The van der Waals surface area contributed by atoms with E-state index < -0.39 is 0 Å². The molecule has 2 aromatic carbocycles. The molecule has 20 heavy (non-hydrogen) atoms. The summed E-state index contributed by atoms with van der Waals surface area (Å²) in [6.07, 6.45) is 0. The molecule has 0 aliphatic rings. The zero-order chi connectivity index (χ0) is 14.7. The maximum Gasteiger partial charge on any atom is 0.259 e. The van der Waals surface area contributed by atoms with Crippen LogP contribution >= 0.6 is 31.9 Å². The summed E-state index contributed by atoms with van der Waals surface area (Å²) >= 11 is 6.77. The molecule has 0 saturated carbocycles. The van der Waals surface area contributed by atoms with Crippen molar-refractivity contribution < 1.29 is 9.90 Å². The van der Waals surface area contributed by atoms with Crippen LogP contribution in [0.15, 0.2) is 51.4 Å². The van der Waals surface area contributed by atoms with Gasteiger partial charge in [0.2, 0.25) is 0 Å². The van der Waals surface area contributed by atoms with Crippen LogP contribution in [-0.2, 0) is 0 Å². The first-order valence-electron chi connectivity index (χ1n) is 6.09. The molecule has 0 aliphatic heterocycles. The van der Waals surface area contributed by atoms with Crippen LogP contribution in [-0.4, -0.2) is 17.6 Å². The highest BCUT2D eigenvalue weighted by atomic mass is 79.9. The Hall–Kier alpha value is -1.33. The van der Waals surface area contributed by atoms with E-state index >= 15 is 0 Å². The van der Waals surface area contributed by atoms with Gasteiger partial charge < -0.3 is 10.0 Å². The second kappa shape index (κ2) is 6.41. The Morgan fingerprint density at radius 3 is 2.60 bits per heavy atom. The first-order chi connectivity index (χ1) is 9.52. The van der Waals surface area contributed by atoms with Gasteiger partial charge >= 0.3 is 0 Å². The van der Waals surface area contributed by atoms with Gasteiger partial charge in [0.05, 0.1) is 5.56 Å². The molecule has 0 saturated heterocycles. The van der Waals surface area contributed by atoms with E-state index in [0.717, 1.165) is 8.95 Å². The van der Waals surface area contributed by atoms with Crippen LogP contribution in [0.4, 0.5) is 5.69 Å². The molecule has 0 unspecified atom stereocenters. The number of hydrogen-bond donors (Lipinski definition) is 1. The lowest BCUT2D eigenvalue weighted by Gasteiger charge is -2.22. The monoisotopic (exact) mass is 397 g/mol. The van der Waals surface area contributed by atoms with Crippen LogP contribution in [0, 0.1) is 0 Å². The first kappa shape index (κ1) is 15.1. The summed E-state index contributed by atoms with van der Waals surface area (Å²) in [5.41, 5.74) is 1.24. The molecule has 2 rings (SSSR count). The Morgan fingerprint density at radius 1 is 1.20 bits per heavy atom. The quantitative estimate of drug-likeness (QED) is 0.821. The molecule has 1 amide bonds. The molecule has 1 N–H and O–H groups in total. The zero-order valence-electron chi connectivity index (χ0n) is 10.8. The van der Waals surface area contributed by atoms with E-state index in [1.54, 1.807) is 35.2 Å². The van der Waals surface area contributed by atoms with Crippen molar-refractivity contribution in [2.75, 3.05) is 11.4 Å². The van der Waals surface area contributed by atoms with Crippen molar-refractivity contribution in [3.63, 3.8) is 0 Å². The van der Waals surface area contributed by atoms with Gasteiger partial charge in [0.25, 0.3) is 5.91 Å². The molecule has 0 aliphatic carbocycles. The number of anilines is 1. The molecule has 2 aromatic rings. The molecule has 0 atom stereocenters. The van der Waals surface area contributed by atoms with Gasteiger partial charge in [-0.1, -0.05) is 22.0 Å². The van der Waals surface area contributed by atoms with E-state index in [-0.39, 0.29) is 11.7 Å². The van der Waals surface area contributed by atoms with Gasteiger partial charge in [-0.15, -0.1) is 0 Å². The van der Waals surface area contributed by atoms with Crippen molar-refractivity contribution in [1.29, 1.82) is 0 Å². The average molecular weight is 399 g/mol. The molecule has 0 radical (unpaired) electrons. The SMILES string of the molecule is CCN(C(=O)c1cc(Br)ccc1Br)c1cccc(O)c1. The Kier molecular flexibility index (Phi) is 4.83. The lowest BCUT2D eigenvalue weighted by molar-refractivity contribution is 0.0987. The fourth-order valence-corrected chi connectivity index (χ4v) is 2.69. The number of carbonyl (C=O) groups excluding carboxylic acids is 1. The van der Waals surface area contributed by atoms with Gasteiger partial charge in [-0.2, -0.15) is 0 Å². The number of halogens is 2. The highest BCUT2D eigenvalue weighted by Crippen LogP contribution is 2.26. The fourth-order valence-electron chi connectivity index (χ4n) is 1.91. The van der Waals surface area contributed by atoms with Gasteiger partial charge in [0, 0.05) is 27.2 Å². The van der Waals surface area contributed by atoms with E-state index in [9.17, 15) is 9.90 Å². The second-order valence-electron chi connectivity index (χ2n) is 4.19. The predicted octanol–water partition coefficient (Wildman–Crippen LogP) is 4.58. The van der Waals surface area contributed by atoms with Crippen LogP contribution in [0.3, 0.4) is 0 Å². The number of hydrogen-bond acceptors (Lipinski definition) is 2. The van der Waals surface area contributed by atoms with E-state index in [0.29, 0.717) is 17.8 Å². The third-order valence-electron chi connectivity index (χ3n) is 2.86. The van der Waals surface area contributed by atoms with E-state index in [4.69, 9.17) is 0 Å². The Morgan fingerprint density at radius 2 is 1.95 bits per heavy atom. The van der Waals surface area contributed by atoms with E-state index in [1.165, 1.54) is 0 Å². The molecular weight excluding hydrogens is 386 g/mol. The standard InChI is InChI=1S/C15H13Br2NO2/c1-2-18(11-4-3-5-12(19)9-11)15(20)13-8-10(16)6-7-14(13)17/h3-9,19H,2H2,1H3. The van der Waals surface area contributed by atoms with Crippen molar-refractivity contribution in [1.82, 2.24) is 0 Å². The average Bonchev–Trinajstić information content (AvgIpc) is 2.42. The molecule has 104 valence electrons. The predicted molar refractivity (Wildman–Crippen MR) is 87.3 cm³/mol. The molecule has 3 nitrogen and oxygen atoms in total. The number of phenols is 1. The number of carbonyl (C=O) groups is 1. The molecular formula is C15H13Br2NO2. The van der Waals surface area contributed by atoms with Crippen LogP contribution in [0.2, 0.25) is 0 Å². The summed E-state index contributed by atoms with van der Waals surface area (Å²) in [5, 5.41) is 9.55. The van der Waals surface area contributed by atoms with Crippen LogP contribution in [0.25, 0.3) is 0 Å². The minimum Gasteiger partial charge on any atom is -0.508 e. The molecule has 0 bridgehead atoms. The van der Waals surface area contributed by atoms with Gasteiger partial charge in [-0.05, 0) is 53.2 Å². The summed E-state index contributed by atoms with van der Waals surface area (Å²) in [7, 11) is 0. The summed E-state index contributed by atoms with van der Waals surface area (Å²) < 4.78 is 1.58. The van der Waals surface area contributed by atoms with Crippen molar-refractivity contribution in [2.45, 2.75) is 6.92 Å². The summed E-state index contributed by atoms with van der Waals surface area (Å²) in [6.45, 7) is 2.41. The smallest absolute Gasteiger partial charge is 0.259 e. The fraction of sp³-hybridized carbons (Fsp3) is 0.133. The lowest BCUT2D eigenvalue weighted by atomic mass is 10.1. The highest BCUT2D eigenvalue weighted by Gasteiger charge is 2.19. The second-order valence-corrected chi connectivity index (χ2v) is 5.96. The van der Waals surface area contributed by atoms with Gasteiger partial charge in [-0.25, -0.2) is 0 Å². The number of benzene rings is 2. The van der Waals surface area contributed by atoms with Gasteiger partial charge in [0.1, 0.15) is 5.75 Å². The highest BCUT2D eigenvalue weighted by molar-refractivity contribution is 9.11. The number of phenolic OH excluding ortho intramolecular Hbond substituents is 1. The lowest BCUT2D eigenvalue weighted by Crippen LogP contribution is -2.30. The third kappa shape index (κ3) is 3.22. The summed E-state index contributed by atoms with van der Waals surface area (Å²) in [5.74, 6) is 0.0216.